The van der Waals surface area contributed by atoms with Gasteiger partial charge in [0.25, 0.3) is 0 Å². The van der Waals surface area contributed by atoms with E-state index >= 15 is 0 Å². The lowest BCUT2D eigenvalue weighted by molar-refractivity contribution is -0.269. The van der Waals surface area contributed by atoms with Crippen molar-refractivity contribution in [1.82, 2.24) is 0 Å². The number of rotatable bonds is 7. The number of carbonyl (C=O) groups is 2. The molecule has 0 saturated heterocycles. The zero-order chi connectivity index (χ0) is 15.9. The molecule has 0 aromatic rings. The molecule has 11 heteroatoms. The maximum atomic E-state index is 11.2. The van der Waals surface area contributed by atoms with Crippen molar-refractivity contribution in [1.29, 1.82) is 0 Å². The Morgan fingerprint density at radius 1 is 1.05 bits per heavy atom. The van der Waals surface area contributed by atoms with E-state index in [-0.39, 0.29) is 5.75 Å². The average molecular weight is 315 g/mol. The molecule has 0 aromatic heterocycles. The summed E-state index contributed by atoms with van der Waals surface area (Å²) in [6.45, 7) is -0.911. The number of hydrogen-bond donors (Lipinski definition) is 7. The van der Waals surface area contributed by atoms with Gasteiger partial charge in [0.05, 0.1) is 6.61 Å². The lowest BCUT2D eigenvalue weighted by atomic mass is 10.0. The molecule has 20 heavy (non-hydrogen) atoms. The largest absolute Gasteiger partial charge is 0.394 e. The van der Waals surface area contributed by atoms with Gasteiger partial charge >= 0.3 is 11.9 Å². The summed E-state index contributed by atoms with van der Waals surface area (Å²) >= 11 is 3.69. The fourth-order valence-corrected chi connectivity index (χ4v) is 1.08. The first-order valence-electron chi connectivity index (χ1n) is 5.38. The number of hydrogen-bond acceptors (Lipinski definition) is 11. The summed E-state index contributed by atoms with van der Waals surface area (Å²) in [6.07, 6.45) is -8.28. The molecule has 5 atom stereocenters. The molecule has 5 unspecified atom stereocenters. The molecule has 0 aromatic carbocycles. The molecule has 0 radical (unpaired) electrons. The standard InChI is InChI=1S/C9H17NO9S/c10-3(2-20)8(16)18-19-9(17)7(15)6(14)5(13)4(12)1-11/h3-7,11-15,20H,1-2,10H2. The fourth-order valence-electron chi connectivity index (χ4n) is 0.930. The van der Waals surface area contributed by atoms with Crippen LogP contribution in [0.4, 0.5) is 0 Å². The Kier molecular flexibility index (Phi) is 8.64. The highest BCUT2D eigenvalue weighted by atomic mass is 32.1. The lowest BCUT2D eigenvalue weighted by Crippen LogP contribution is -2.49. The second-order valence-corrected chi connectivity index (χ2v) is 4.13. The molecule has 0 aliphatic carbocycles. The van der Waals surface area contributed by atoms with Crippen molar-refractivity contribution in [2.75, 3.05) is 12.4 Å². The minimum atomic E-state index is -2.31. The van der Waals surface area contributed by atoms with Crippen LogP contribution in [0.25, 0.3) is 0 Å². The minimum Gasteiger partial charge on any atom is -0.394 e. The lowest BCUT2D eigenvalue weighted by Gasteiger charge is -2.23. The topological polar surface area (TPSA) is 180 Å². The summed E-state index contributed by atoms with van der Waals surface area (Å²) in [6, 6.07) is -1.16. The smallest absolute Gasteiger partial charge is 0.386 e. The van der Waals surface area contributed by atoms with Crippen molar-refractivity contribution in [3.63, 3.8) is 0 Å². The van der Waals surface area contributed by atoms with Gasteiger partial charge in [0.15, 0.2) is 6.10 Å². The van der Waals surface area contributed by atoms with Gasteiger partial charge in [-0.1, -0.05) is 0 Å². The maximum Gasteiger partial charge on any atom is 0.386 e. The van der Waals surface area contributed by atoms with Crippen molar-refractivity contribution in [2.45, 2.75) is 30.5 Å². The maximum absolute atomic E-state index is 11.2. The van der Waals surface area contributed by atoms with Crippen molar-refractivity contribution in [2.24, 2.45) is 5.73 Å². The zero-order valence-corrected chi connectivity index (χ0v) is 11.1. The average Bonchev–Trinajstić information content (AvgIpc) is 2.47. The first kappa shape index (κ1) is 19.1. The highest BCUT2D eigenvalue weighted by molar-refractivity contribution is 7.80. The highest BCUT2D eigenvalue weighted by Gasteiger charge is 2.36. The Labute approximate surface area is 119 Å². The third kappa shape index (κ3) is 5.58. The third-order valence-corrected chi connectivity index (χ3v) is 2.59. The van der Waals surface area contributed by atoms with Crippen molar-refractivity contribution in [3.05, 3.63) is 0 Å². The monoisotopic (exact) mass is 315 g/mol. The summed E-state index contributed by atoms with van der Waals surface area (Å²) in [5.41, 5.74) is 5.19. The van der Waals surface area contributed by atoms with E-state index in [4.69, 9.17) is 15.9 Å². The third-order valence-electron chi connectivity index (χ3n) is 2.20. The van der Waals surface area contributed by atoms with Crippen LogP contribution in [0.5, 0.6) is 0 Å². The van der Waals surface area contributed by atoms with Crippen LogP contribution in [-0.2, 0) is 19.4 Å². The van der Waals surface area contributed by atoms with E-state index < -0.39 is 49.0 Å². The number of thiol groups is 1. The first-order valence-corrected chi connectivity index (χ1v) is 6.01. The van der Waals surface area contributed by atoms with Crippen LogP contribution in [0, 0.1) is 0 Å². The van der Waals surface area contributed by atoms with Gasteiger partial charge in [-0.15, -0.1) is 0 Å². The number of aliphatic hydroxyl groups is 5. The minimum absolute atomic E-state index is 0.0804. The van der Waals surface area contributed by atoms with Gasteiger partial charge in [0, 0.05) is 5.75 Å². The molecular formula is C9H17NO9S. The molecule has 0 aliphatic rings. The van der Waals surface area contributed by atoms with Gasteiger partial charge in [-0.3, -0.25) is 0 Å². The van der Waals surface area contributed by atoms with E-state index in [1.807, 2.05) is 0 Å². The Hall–Kier alpha value is -0.950. The van der Waals surface area contributed by atoms with Crippen molar-refractivity contribution >= 4 is 24.6 Å². The summed E-state index contributed by atoms with van der Waals surface area (Å²) in [7, 11) is 0. The van der Waals surface area contributed by atoms with E-state index in [0.29, 0.717) is 0 Å². The van der Waals surface area contributed by atoms with Crippen LogP contribution in [0.3, 0.4) is 0 Å². The molecule has 10 nitrogen and oxygen atoms in total. The van der Waals surface area contributed by atoms with Crippen LogP contribution in [0.15, 0.2) is 0 Å². The van der Waals surface area contributed by atoms with E-state index in [0.717, 1.165) is 0 Å². The van der Waals surface area contributed by atoms with Crippen LogP contribution < -0.4 is 5.73 Å². The van der Waals surface area contributed by atoms with E-state index in [2.05, 4.69) is 22.4 Å². The van der Waals surface area contributed by atoms with Crippen LogP contribution >= 0.6 is 12.6 Å². The van der Waals surface area contributed by atoms with Gasteiger partial charge in [0.2, 0.25) is 0 Å². The van der Waals surface area contributed by atoms with E-state index in [1.54, 1.807) is 0 Å². The summed E-state index contributed by atoms with van der Waals surface area (Å²) in [5.74, 6) is -2.81. The quantitative estimate of drug-likeness (QED) is 0.138. The molecule has 0 heterocycles. The molecular weight excluding hydrogens is 298 g/mol. The van der Waals surface area contributed by atoms with Crippen molar-refractivity contribution in [3.8, 4) is 0 Å². The summed E-state index contributed by atoms with van der Waals surface area (Å²) in [4.78, 5) is 30.1. The molecule has 0 spiro atoms. The van der Waals surface area contributed by atoms with Crippen LogP contribution in [0.1, 0.15) is 0 Å². The van der Waals surface area contributed by atoms with Gasteiger partial charge in [0.1, 0.15) is 24.4 Å². The zero-order valence-electron chi connectivity index (χ0n) is 10.2. The molecule has 0 aliphatic heterocycles. The molecule has 0 amide bonds. The molecule has 0 saturated carbocycles. The highest BCUT2D eigenvalue weighted by Crippen LogP contribution is 2.07. The summed E-state index contributed by atoms with van der Waals surface area (Å²) < 4.78 is 0. The van der Waals surface area contributed by atoms with Gasteiger partial charge in [-0.25, -0.2) is 19.4 Å². The Bertz CT molecular complexity index is 329. The molecule has 0 fully saturated rings. The van der Waals surface area contributed by atoms with Crippen LogP contribution in [0.2, 0.25) is 0 Å². The SMILES string of the molecule is NC(CS)C(=O)OOC(=O)C(O)C(O)C(O)C(O)CO. The first-order chi connectivity index (χ1) is 9.26. The van der Waals surface area contributed by atoms with Gasteiger partial charge < -0.3 is 31.3 Å². The van der Waals surface area contributed by atoms with Gasteiger partial charge in [-0.05, 0) is 0 Å². The molecule has 7 N–H and O–H groups in total. The summed E-state index contributed by atoms with van der Waals surface area (Å²) in [5, 5.41) is 45.4. The predicted octanol–water partition coefficient (Wildman–Crippen LogP) is -4.32. The van der Waals surface area contributed by atoms with Gasteiger partial charge in [-0.2, -0.15) is 12.6 Å². The van der Waals surface area contributed by atoms with Crippen LogP contribution in [-0.4, -0.2) is 80.3 Å². The molecule has 118 valence electrons. The Morgan fingerprint density at radius 3 is 2.00 bits per heavy atom. The van der Waals surface area contributed by atoms with E-state index in [9.17, 15) is 24.9 Å². The van der Waals surface area contributed by atoms with E-state index in [1.165, 1.54) is 0 Å². The molecule has 0 bridgehead atoms. The number of aliphatic hydroxyl groups excluding tert-OH is 5. The molecule has 0 rings (SSSR count). The Morgan fingerprint density at radius 2 is 1.55 bits per heavy atom. The predicted molar refractivity (Wildman–Crippen MR) is 65.1 cm³/mol. The normalized spacial score (nSPS) is 18.6. The fraction of sp³-hybridized carbons (Fsp3) is 0.778. The Balaban J connectivity index is 4.37. The van der Waals surface area contributed by atoms with Crippen molar-refractivity contribution < 1.29 is 44.9 Å². The second kappa shape index (κ2) is 9.07. The number of carbonyl (C=O) groups excluding carboxylic acids is 2. The number of nitrogens with two attached hydrogens (primary N) is 1. The second-order valence-electron chi connectivity index (χ2n) is 3.77.